The first-order chi connectivity index (χ1) is 11.2. The molecule has 3 heterocycles. The molecule has 0 atom stereocenters. The summed E-state index contributed by atoms with van der Waals surface area (Å²) in [6, 6.07) is 10.9. The van der Waals surface area contributed by atoms with Crippen LogP contribution in [0.3, 0.4) is 0 Å². The number of aromatic nitrogens is 4. The Labute approximate surface area is 130 Å². The number of nitrogens with zero attached hydrogens (tertiary/aromatic N) is 3. The van der Waals surface area contributed by atoms with Gasteiger partial charge in [-0.05, 0) is 18.2 Å². The second-order valence-electron chi connectivity index (χ2n) is 5.07. The monoisotopic (exact) mass is 306 g/mol. The van der Waals surface area contributed by atoms with Crippen molar-refractivity contribution >= 4 is 11.0 Å². The molecule has 6 heteroatoms. The number of aromatic amines is 1. The quantitative estimate of drug-likeness (QED) is 0.619. The van der Waals surface area contributed by atoms with Crippen LogP contribution in [-0.4, -0.2) is 19.5 Å². The molecule has 0 aliphatic rings. The Balaban J connectivity index is 2.08. The van der Waals surface area contributed by atoms with E-state index >= 15 is 0 Å². The average molecular weight is 306 g/mol. The van der Waals surface area contributed by atoms with Gasteiger partial charge in [-0.1, -0.05) is 18.2 Å². The van der Waals surface area contributed by atoms with Gasteiger partial charge in [-0.15, -0.1) is 0 Å². The number of nitrogens with one attached hydrogen (secondary N) is 1. The number of para-hydroxylation sites is 1. The predicted octanol–water partition coefficient (Wildman–Crippen LogP) is 2.91. The Morgan fingerprint density at radius 3 is 2.74 bits per heavy atom. The number of halogens is 1. The van der Waals surface area contributed by atoms with Gasteiger partial charge in [0, 0.05) is 29.2 Å². The van der Waals surface area contributed by atoms with Crippen LogP contribution < -0.4 is 5.56 Å². The lowest BCUT2D eigenvalue weighted by atomic mass is 10.1. The molecule has 0 fully saturated rings. The first-order valence-electron chi connectivity index (χ1n) is 6.99. The SMILES string of the molecule is O=c1[nH]cnc2c1c(-c1cncc(F)c1)cn2-c1ccccc1. The smallest absolute Gasteiger partial charge is 0.260 e. The van der Waals surface area contributed by atoms with Crippen molar-refractivity contribution in [2.24, 2.45) is 0 Å². The highest BCUT2D eigenvalue weighted by Gasteiger charge is 2.16. The Hall–Kier alpha value is -3.28. The van der Waals surface area contributed by atoms with Crippen molar-refractivity contribution in [3.63, 3.8) is 0 Å². The molecule has 0 unspecified atom stereocenters. The van der Waals surface area contributed by atoms with Crippen LogP contribution in [0, 0.1) is 5.82 Å². The fourth-order valence-electron chi connectivity index (χ4n) is 2.63. The molecular weight excluding hydrogens is 295 g/mol. The molecule has 0 spiro atoms. The molecule has 5 nitrogen and oxygen atoms in total. The second-order valence-corrected chi connectivity index (χ2v) is 5.07. The van der Waals surface area contributed by atoms with Crippen LogP contribution in [0.15, 0.2) is 66.1 Å². The van der Waals surface area contributed by atoms with Crippen LogP contribution in [0.1, 0.15) is 0 Å². The van der Waals surface area contributed by atoms with Gasteiger partial charge >= 0.3 is 0 Å². The summed E-state index contributed by atoms with van der Waals surface area (Å²) < 4.78 is 15.3. The van der Waals surface area contributed by atoms with Crippen LogP contribution in [0.4, 0.5) is 4.39 Å². The zero-order valence-electron chi connectivity index (χ0n) is 11.9. The topological polar surface area (TPSA) is 63.6 Å². The van der Waals surface area contributed by atoms with Crippen LogP contribution in [0.5, 0.6) is 0 Å². The summed E-state index contributed by atoms with van der Waals surface area (Å²) in [5.74, 6) is -0.455. The first kappa shape index (κ1) is 13.4. The zero-order valence-corrected chi connectivity index (χ0v) is 11.9. The van der Waals surface area contributed by atoms with Crippen molar-refractivity contribution in [3.8, 4) is 16.8 Å². The van der Waals surface area contributed by atoms with Crippen molar-refractivity contribution in [2.75, 3.05) is 0 Å². The van der Waals surface area contributed by atoms with Crippen LogP contribution >= 0.6 is 0 Å². The number of hydrogen-bond donors (Lipinski definition) is 1. The molecule has 1 N–H and O–H groups in total. The van der Waals surface area contributed by atoms with Gasteiger partial charge in [0.25, 0.3) is 5.56 Å². The van der Waals surface area contributed by atoms with E-state index in [9.17, 15) is 9.18 Å². The Kier molecular flexibility index (Phi) is 3.01. The van der Waals surface area contributed by atoms with E-state index in [1.54, 1.807) is 6.20 Å². The van der Waals surface area contributed by atoms with Gasteiger partial charge in [-0.25, -0.2) is 9.37 Å². The maximum Gasteiger partial charge on any atom is 0.260 e. The molecule has 0 bridgehead atoms. The highest BCUT2D eigenvalue weighted by molar-refractivity contribution is 5.94. The Morgan fingerprint density at radius 1 is 1.13 bits per heavy atom. The number of benzene rings is 1. The molecule has 0 aliphatic carbocycles. The molecule has 4 rings (SSSR count). The Morgan fingerprint density at radius 2 is 1.96 bits per heavy atom. The minimum atomic E-state index is -0.455. The lowest BCUT2D eigenvalue weighted by molar-refractivity contribution is 0.622. The summed E-state index contributed by atoms with van der Waals surface area (Å²) in [6.07, 6.45) is 5.79. The normalized spacial score (nSPS) is 11.0. The van der Waals surface area contributed by atoms with E-state index < -0.39 is 5.82 Å². The van der Waals surface area contributed by atoms with Crippen molar-refractivity contribution in [3.05, 3.63) is 77.5 Å². The maximum atomic E-state index is 13.5. The third-order valence-electron chi connectivity index (χ3n) is 3.64. The number of rotatable bonds is 2. The van der Waals surface area contributed by atoms with Crippen molar-refractivity contribution in [1.29, 1.82) is 0 Å². The van der Waals surface area contributed by atoms with E-state index in [4.69, 9.17) is 0 Å². The molecule has 0 amide bonds. The highest BCUT2D eigenvalue weighted by Crippen LogP contribution is 2.29. The van der Waals surface area contributed by atoms with Gasteiger partial charge in [0.05, 0.1) is 17.9 Å². The molecular formula is C17H11FN4O. The van der Waals surface area contributed by atoms with Crippen molar-refractivity contribution in [1.82, 2.24) is 19.5 Å². The van der Waals surface area contributed by atoms with Crippen LogP contribution in [0.2, 0.25) is 0 Å². The number of H-pyrrole nitrogens is 1. The van der Waals surface area contributed by atoms with Gasteiger partial charge in [-0.3, -0.25) is 9.78 Å². The second kappa shape index (κ2) is 5.17. The highest BCUT2D eigenvalue weighted by atomic mass is 19.1. The standard InChI is InChI=1S/C17H11FN4O/c18-12-6-11(7-19-8-12)14-9-22(13-4-2-1-3-5-13)16-15(14)17(23)21-10-20-16/h1-10H,(H,20,21,23). The fraction of sp³-hybridized carbons (Fsp3) is 0. The summed E-state index contributed by atoms with van der Waals surface area (Å²) in [5.41, 5.74) is 2.22. The molecule has 0 saturated heterocycles. The lowest BCUT2D eigenvalue weighted by Gasteiger charge is -2.03. The van der Waals surface area contributed by atoms with Crippen molar-refractivity contribution in [2.45, 2.75) is 0 Å². The van der Waals surface area contributed by atoms with Crippen molar-refractivity contribution < 1.29 is 4.39 Å². The predicted molar refractivity (Wildman–Crippen MR) is 84.9 cm³/mol. The minimum Gasteiger partial charge on any atom is -0.312 e. The summed E-state index contributed by atoms with van der Waals surface area (Å²) in [4.78, 5) is 23.0. The van der Waals surface area contributed by atoms with Gasteiger partial charge < -0.3 is 9.55 Å². The van der Waals surface area contributed by atoms with Gasteiger partial charge in [-0.2, -0.15) is 0 Å². The summed E-state index contributed by atoms with van der Waals surface area (Å²) in [7, 11) is 0. The largest absolute Gasteiger partial charge is 0.312 e. The average Bonchev–Trinajstić information content (AvgIpc) is 2.97. The van der Waals surface area contributed by atoms with Gasteiger partial charge in [0.15, 0.2) is 5.65 Å². The van der Waals surface area contributed by atoms with E-state index in [0.717, 1.165) is 11.9 Å². The minimum absolute atomic E-state index is 0.274. The summed E-state index contributed by atoms with van der Waals surface area (Å²) >= 11 is 0. The summed E-state index contributed by atoms with van der Waals surface area (Å²) in [5, 5.41) is 0.406. The van der Waals surface area contributed by atoms with Crippen LogP contribution in [0.25, 0.3) is 27.8 Å². The lowest BCUT2D eigenvalue weighted by Crippen LogP contribution is -2.07. The molecule has 3 aromatic heterocycles. The number of fused-ring (bicyclic) bond motifs is 1. The van der Waals surface area contributed by atoms with Gasteiger partial charge in [0.1, 0.15) is 5.82 Å². The third kappa shape index (κ3) is 2.20. The maximum absolute atomic E-state index is 13.5. The van der Waals surface area contributed by atoms with E-state index in [0.29, 0.717) is 22.2 Å². The first-order valence-corrected chi connectivity index (χ1v) is 6.99. The molecule has 0 radical (unpaired) electrons. The van der Waals surface area contributed by atoms with E-state index in [-0.39, 0.29) is 5.56 Å². The molecule has 0 aliphatic heterocycles. The third-order valence-corrected chi connectivity index (χ3v) is 3.64. The zero-order chi connectivity index (χ0) is 15.8. The molecule has 1 aromatic carbocycles. The summed E-state index contributed by atoms with van der Waals surface area (Å²) in [6.45, 7) is 0. The Bertz CT molecular complexity index is 1050. The van der Waals surface area contributed by atoms with E-state index in [1.807, 2.05) is 34.9 Å². The number of pyridine rings is 1. The number of hydrogen-bond acceptors (Lipinski definition) is 3. The van der Waals surface area contributed by atoms with Gasteiger partial charge in [0.2, 0.25) is 0 Å². The van der Waals surface area contributed by atoms with Crippen LogP contribution in [-0.2, 0) is 0 Å². The fourth-order valence-corrected chi connectivity index (χ4v) is 2.63. The van der Waals surface area contributed by atoms with E-state index in [2.05, 4.69) is 15.0 Å². The molecule has 4 aromatic rings. The molecule has 112 valence electrons. The molecule has 23 heavy (non-hydrogen) atoms. The van der Waals surface area contributed by atoms with E-state index in [1.165, 1.54) is 18.6 Å². The molecule has 0 saturated carbocycles.